The molecule has 1 N–H and O–H groups in total. The van der Waals surface area contributed by atoms with Crippen LogP contribution in [0.1, 0.15) is 25.8 Å². The van der Waals surface area contributed by atoms with Crippen molar-refractivity contribution in [3.63, 3.8) is 0 Å². The van der Waals surface area contributed by atoms with E-state index in [1.807, 2.05) is 19.1 Å². The summed E-state index contributed by atoms with van der Waals surface area (Å²) in [4.78, 5) is 0. The highest BCUT2D eigenvalue weighted by molar-refractivity contribution is 9.10. The van der Waals surface area contributed by atoms with Crippen LogP contribution in [0.15, 0.2) is 22.7 Å². The van der Waals surface area contributed by atoms with E-state index >= 15 is 0 Å². The van der Waals surface area contributed by atoms with Gasteiger partial charge in [0.2, 0.25) is 0 Å². The fourth-order valence-electron chi connectivity index (χ4n) is 1.89. The van der Waals surface area contributed by atoms with E-state index < -0.39 is 0 Å². The minimum absolute atomic E-state index is 0.417. The SMILES string of the molecule is CCNC(CCOCC)Cc1ccc(Br)cc1Cl. The van der Waals surface area contributed by atoms with Crippen LogP contribution in [0.2, 0.25) is 5.02 Å². The van der Waals surface area contributed by atoms with Crippen molar-refractivity contribution >= 4 is 27.5 Å². The number of hydrogen-bond donors (Lipinski definition) is 1. The Bertz CT molecular complexity index is 360. The van der Waals surface area contributed by atoms with E-state index in [9.17, 15) is 0 Å². The van der Waals surface area contributed by atoms with Gasteiger partial charge < -0.3 is 10.1 Å². The first-order valence-corrected chi connectivity index (χ1v) is 7.59. The van der Waals surface area contributed by atoms with Crippen LogP contribution < -0.4 is 5.32 Å². The van der Waals surface area contributed by atoms with Crippen molar-refractivity contribution in [2.75, 3.05) is 19.8 Å². The maximum Gasteiger partial charge on any atom is 0.0480 e. The molecular weight excluding hydrogens is 314 g/mol. The summed E-state index contributed by atoms with van der Waals surface area (Å²) in [7, 11) is 0. The Morgan fingerprint density at radius 3 is 2.78 bits per heavy atom. The molecule has 1 aromatic rings. The summed E-state index contributed by atoms with van der Waals surface area (Å²) in [5, 5.41) is 4.30. The molecule has 1 rings (SSSR count). The Kier molecular flexibility index (Phi) is 7.91. The quantitative estimate of drug-likeness (QED) is 0.724. The number of ether oxygens (including phenoxy) is 1. The molecule has 0 spiro atoms. The lowest BCUT2D eigenvalue weighted by molar-refractivity contribution is 0.136. The molecule has 0 fully saturated rings. The van der Waals surface area contributed by atoms with Crippen molar-refractivity contribution < 1.29 is 4.74 Å². The second-order valence-electron chi connectivity index (χ2n) is 4.18. The molecule has 1 atom stereocenters. The zero-order valence-electron chi connectivity index (χ0n) is 11.0. The molecule has 0 radical (unpaired) electrons. The number of benzene rings is 1. The lowest BCUT2D eigenvalue weighted by atomic mass is 10.0. The average molecular weight is 335 g/mol. The first-order chi connectivity index (χ1) is 8.67. The molecule has 4 heteroatoms. The van der Waals surface area contributed by atoms with Gasteiger partial charge in [-0.2, -0.15) is 0 Å². The molecule has 0 aliphatic carbocycles. The van der Waals surface area contributed by atoms with E-state index in [4.69, 9.17) is 16.3 Å². The Balaban J connectivity index is 2.58. The van der Waals surface area contributed by atoms with Crippen LogP contribution >= 0.6 is 27.5 Å². The zero-order chi connectivity index (χ0) is 13.4. The van der Waals surface area contributed by atoms with E-state index in [1.54, 1.807) is 0 Å². The summed E-state index contributed by atoms with van der Waals surface area (Å²) in [6.45, 7) is 6.68. The maximum absolute atomic E-state index is 6.25. The third-order valence-corrected chi connectivity index (χ3v) is 3.63. The summed E-state index contributed by atoms with van der Waals surface area (Å²) < 4.78 is 6.44. The molecule has 2 nitrogen and oxygen atoms in total. The van der Waals surface area contributed by atoms with Crippen LogP contribution in [0.25, 0.3) is 0 Å². The standard InChI is InChI=1S/C14H21BrClNO/c1-3-17-13(7-8-18-4-2)9-11-5-6-12(15)10-14(11)16/h5-6,10,13,17H,3-4,7-9H2,1-2H3. The van der Waals surface area contributed by atoms with Gasteiger partial charge in [-0.1, -0.05) is 40.5 Å². The molecule has 102 valence electrons. The topological polar surface area (TPSA) is 21.3 Å². The Morgan fingerprint density at radius 2 is 2.17 bits per heavy atom. The number of nitrogens with one attached hydrogen (secondary N) is 1. The van der Waals surface area contributed by atoms with Gasteiger partial charge in [0.1, 0.15) is 0 Å². The first-order valence-electron chi connectivity index (χ1n) is 6.42. The molecule has 0 aliphatic heterocycles. The van der Waals surface area contributed by atoms with Gasteiger partial charge in [-0.25, -0.2) is 0 Å². The maximum atomic E-state index is 6.25. The van der Waals surface area contributed by atoms with Crippen molar-refractivity contribution in [1.82, 2.24) is 5.32 Å². The summed E-state index contributed by atoms with van der Waals surface area (Å²) >= 11 is 9.67. The normalized spacial score (nSPS) is 12.7. The van der Waals surface area contributed by atoms with Crippen molar-refractivity contribution in [3.05, 3.63) is 33.3 Å². The second kappa shape index (κ2) is 8.92. The van der Waals surface area contributed by atoms with Gasteiger partial charge in [0.15, 0.2) is 0 Å². The number of likely N-dealkylation sites (N-methyl/N-ethyl adjacent to an activating group) is 1. The van der Waals surface area contributed by atoms with Crippen molar-refractivity contribution in [1.29, 1.82) is 0 Å². The van der Waals surface area contributed by atoms with Gasteiger partial charge >= 0.3 is 0 Å². The lowest BCUT2D eigenvalue weighted by Crippen LogP contribution is -2.32. The van der Waals surface area contributed by atoms with E-state index in [0.29, 0.717) is 6.04 Å². The second-order valence-corrected chi connectivity index (χ2v) is 5.50. The minimum Gasteiger partial charge on any atom is -0.382 e. The smallest absolute Gasteiger partial charge is 0.0480 e. The molecule has 0 heterocycles. The Hall–Kier alpha value is -0.0900. The molecule has 18 heavy (non-hydrogen) atoms. The minimum atomic E-state index is 0.417. The number of rotatable bonds is 8. The largest absolute Gasteiger partial charge is 0.382 e. The van der Waals surface area contributed by atoms with Crippen LogP contribution in [0.4, 0.5) is 0 Å². The van der Waals surface area contributed by atoms with E-state index in [1.165, 1.54) is 5.56 Å². The highest BCUT2D eigenvalue weighted by Crippen LogP contribution is 2.22. The Labute approximate surface area is 123 Å². The molecule has 0 bridgehead atoms. The fraction of sp³-hybridized carbons (Fsp3) is 0.571. The highest BCUT2D eigenvalue weighted by Gasteiger charge is 2.10. The average Bonchev–Trinajstić information content (AvgIpc) is 2.33. The fourth-order valence-corrected chi connectivity index (χ4v) is 2.64. The third-order valence-electron chi connectivity index (χ3n) is 2.79. The molecule has 1 unspecified atom stereocenters. The number of hydrogen-bond acceptors (Lipinski definition) is 2. The molecular formula is C14H21BrClNO. The van der Waals surface area contributed by atoms with Gasteiger partial charge in [0, 0.05) is 28.8 Å². The predicted molar refractivity (Wildman–Crippen MR) is 81.4 cm³/mol. The number of halogens is 2. The third kappa shape index (κ3) is 5.70. The summed E-state index contributed by atoms with van der Waals surface area (Å²) in [5.74, 6) is 0. The van der Waals surface area contributed by atoms with Crippen molar-refractivity contribution in [2.24, 2.45) is 0 Å². The molecule has 1 aromatic carbocycles. The Morgan fingerprint density at radius 1 is 1.39 bits per heavy atom. The van der Waals surface area contributed by atoms with Crippen LogP contribution in [0.5, 0.6) is 0 Å². The molecule has 0 saturated heterocycles. The van der Waals surface area contributed by atoms with Crippen LogP contribution in [-0.4, -0.2) is 25.8 Å². The van der Waals surface area contributed by atoms with Crippen molar-refractivity contribution in [2.45, 2.75) is 32.7 Å². The lowest BCUT2D eigenvalue weighted by Gasteiger charge is -2.18. The molecule has 0 aliphatic rings. The van der Waals surface area contributed by atoms with Crippen LogP contribution in [0.3, 0.4) is 0 Å². The molecule has 0 saturated carbocycles. The van der Waals surface area contributed by atoms with Gasteiger partial charge in [-0.3, -0.25) is 0 Å². The summed E-state index contributed by atoms with van der Waals surface area (Å²) in [6, 6.07) is 6.48. The van der Waals surface area contributed by atoms with Gasteiger partial charge in [-0.05, 0) is 44.0 Å². The molecule has 0 amide bonds. The predicted octanol–water partition coefficient (Wildman–Crippen LogP) is 4.05. The van der Waals surface area contributed by atoms with Gasteiger partial charge in [-0.15, -0.1) is 0 Å². The molecule has 0 aromatic heterocycles. The first kappa shape index (κ1) is 16.0. The highest BCUT2D eigenvalue weighted by atomic mass is 79.9. The monoisotopic (exact) mass is 333 g/mol. The van der Waals surface area contributed by atoms with Crippen LogP contribution in [-0.2, 0) is 11.2 Å². The van der Waals surface area contributed by atoms with Crippen molar-refractivity contribution in [3.8, 4) is 0 Å². The van der Waals surface area contributed by atoms with Gasteiger partial charge in [0.25, 0.3) is 0 Å². The van der Waals surface area contributed by atoms with E-state index in [2.05, 4.69) is 34.2 Å². The zero-order valence-corrected chi connectivity index (χ0v) is 13.4. The van der Waals surface area contributed by atoms with E-state index in [0.717, 1.165) is 42.1 Å². The summed E-state index contributed by atoms with van der Waals surface area (Å²) in [5.41, 5.74) is 1.18. The van der Waals surface area contributed by atoms with E-state index in [-0.39, 0.29) is 0 Å². The van der Waals surface area contributed by atoms with Crippen LogP contribution in [0, 0.1) is 0 Å². The summed E-state index contributed by atoms with van der Waals surface area (Å²) in [6.07, 6.45) is 1.95. The van der Waals surface area contributed by atoms with Gasteiger partial charge in [0.05, 0.1) is 0 Å².